The van der Waals surface area contributed by atoms with E-state index in [1.807, 2.05) is 0 Å². The molecule has 1 aliphatic heterocycles. The van der Waals surface area contributed by atoms with Gasteiger partial charge in [-0.1, -0.05) is 0 Å². The molecule has 0 aromatic rings. The monoisotopic (exact) mass is 141 g/mol. The molecule has 54 valence electrons. The summed E-state index contributed by atoms with van der Waals surface area (Å²) in [4.78, 5) is 10.3. The molecule has 1 aliphatic rings. The van der Waals surface area contributed by atoms with Crippen LogP contribution in [0, 0.1) is 17.2 Å². The molecule has 1 rings (SSSR count). The molecule has 4 nitrogen and oxygen atoms in total. The molecule has 0 aliphatic carbocycles. The van der Waals surface area contributed by atoms with Crippen molar-refractivity contribution in [1.29, 1.82) is 5.26 Å². The van der Waals surface area contributed by atoms with E-state index in [1.54, 1.807) is 6.07 Å². The number of carboxylic acids is 1. The lowest BCUT2D eigenvalue weighted by Crippen LogP contribution is -2.21. The van der Waals surface area contributed by atoms with Crippen molar-refractivity contribution in [3.05, 3.63) is 0 Å². The fraction of sp³-hybridized carbons (Fsp3) is 0.667. The van der Waals surface area contributed by atoms with Crippen LogP contribution in [0.3, 0.4) is 0 Å². The van der Waals surface area contributed by atoms with Gasteiger partial charge >= 0.3 is 5.97 Å². The van der Waals surface area contributed by atoms with Gasteiger partial charge in [0.05, 0.1) is 12.0 Å². The molecule has 4 heteroatoms. The highest BCUT2D eigenvalue weighted by molar-refractivity contribution is 5.71. The van der Waals surface area contributed by atoms with Crippen LogP contribution in [0.2, 0.25) is 0 Å². The summed E-state index contributed by atoms with van der Waals surface area (Å²) in [6.07, 6.45) is -0.286. The van der Waals surface area contributed by atoms with E-state index in [9.17, 15) is 4.79 Å². The van der Waals surface area contributed by atoms with Crippen LogP contribution in [0.15, 0.2) is 0 Å². The molecular weight excluding hydrogens is 134 g/mol. The SMILES string of the molecule is N#C[C@H]1OCC[C@H]1C(=O)O. The van der Waals surface area contributed by atoms with Gasteiger partial charge in [0.1, 0.15) is 0 Å². The van der Waals surface area contributed by atoms with Crippen molar-refractivity contribution < 1.29 is 14.6 Å². The molecule has 0 amide bonds. The van der Waals surface area contributed by atoms with Gasteiger partial charge in [-0.2, -0.15) is 5.26 Å². The molecule has 1 heterocycles. The van der Waals surface area contributed by atoms with Crippen LogP contribution in [-0.2, 0) is 9.53 Å². The minimum absolute atomic E-state index is 0.384. The van der Waals surface area contributed by atoms with Crippen molar-refractivity contribution in [3.8, 4) is 6.07 Å². The molecule has 0 aromatic heterocycles. The molecule has 2 atom stereocenters. The first-order valence-electron chi connectivity index (χ1n) is 2.99. The Bertz CT molecular complexity index is 184. The lowest BCUT2D eigenvalue weighted by atomic mass is 10.0. The summed E-state index contributed by atoms with van der Waals surface area (Å²) >= 11 is 0. The van der Waals surface area contributed by atoms with Crippen molar-refractivity contribution >= 4 is 5.97 Å². The smallest absolute Gasteiger partial charge is 0.310 e. The third-order valence-electron chi connectivity index (χ3n) is 1.54. The second-order valence-corrected chi connectivity index (χ2v) is 2.15. The Hall–Kier alpha value is -1.08. The molecule has 1 N–H and O–H groups in total. The number of nitriles is 1. The second-order valence-electron chi connectivity index (χ2n) is 2.15. The van der Waals surface area contributed by atoms with Crippen LogP contribution in [-0.4, -0.2) is 23.8 Å². The molecule has 1 fully saturated rings. The largest absolute Gasteiger partial charge is 0.481 e. The van der Waals surface area contributed by atoms with E-state index in [4.69, 9.17) is 15.1 Å². The van der Waals surface area contributed by atoms with Crippen LogP contribution in [0.5, 0.6) is 0 Å². The van der Waals surface area contributed by atoms with Gasteiger partial charge in [0.15, 0.2) is 6.10 Å². The molecule has 0 saturated carbocycles. The standard InChI is InChI=1S/C6H7NO3/c7-3-5-4(6(8)9)1-2-10-5/h4-5H,1-2H2,(H,8,9)/t4-,5-/m1/s1. The number of aliphatic carboxylic acids is 1. The van der Waals surface area contributed by atoms with Crippen molar-refractivity contribution in [3.63, 3.8) is 0 Å². The Labute approximate surface area is 58.0 Å². The number of ether oxygens (including phenoxy) is 1. The van der Waals surface area contributed by atoms with E-state index in [0.717, 1.165) is 0 Å². The summed E-state index contributed by atoms with van der Waals surface area (Å²) in [7, 11) is 0. The molecule has 0 bridgehead atoms. The van der Waals surface area contributed by atoms with Crippen LogP contribution < -0.4 is 0 Å². The summed E-state index contributed by atoms with van der Waals surface area (Å²) in [5.41, 5.74) is 0. The maximum absolute atomic E-state index is 10.3. The maximum Gasteiger partial charge on any atom is 0.310 e. The van der Waals surface area contributed by atoms with Gasteiger partial charge in [0.25, 0.3) is 0 Å². The average Bonchev–Trinajstić information content (AvgIpc) is 2.33. The van der Waals surface area contributed by atoms with E-state index in [0.29, 0.717) is 13.0 Å². The number of hydrogen-bond donors (Lipinski definition) is 1. The minimum Gasteiger partial charge on any atom is -0.481 e. The van der Waals surface area contributed by atoms with E-state index in [2.05, 4.69) is 0 Å². The third-order valence-corrected chi connectivity index (χ3v) is 1.54. The van der Waals surface area contributed by atoms with Gasteiger partial charge < -0.3 is 9.84 Å². The second kappa shape index (κ2) is 2.67. The van der Waals surface area contributed by atoms with Crippen molar-refractivity contribution in [2.24, 2.45) is 5.92 Å². The molecule has 0 radical (unpaired) electrons. The lowest BCUT2D eigenvalue weighted by molar-refractivity contribution is -0.142. The average molecular weight is 141 g/mol. The van der Waals surface area contributed by atoms with Crippen LogP contribution in [0.4, 0.5) is 0 Å². The third kappa shape index (κ3) is 1.09. The zero-order chi connectivity index (χ0) is 7.56. The van der Waals surface area contributed by atoms with E-state index in [-0.39, 0.29) is 0 Å². The summed E-state index contributed by atoms with van der Waals surface area (Å²) in [5.74, 6) is -1.56. The van der Waals surface area contributed by atoms with Crippen molar-refractivity contribution in [2.75, 3.05) is 6.61 Å². The van der Waals surface area contributed by atoms with Crippen LogP contribution in [0.25, 0.3) is 0 Å². The highest BCUT2D eigenvalue weighted by Crippen LogP contribution is 2.19. The lowest BCUT2D eigenvalue weighted by Gasteiger charge is -2.03. The number of carbonyl (C=O) groups is 1. The van der Waals surface area contributed by atoms with Crippen LogP contribution >= 0.6 is 0 Å². The molecular formula is C6H7NO3. The molecule has 1 saturated heterocycles. The fourth-order valence-electron chi connectivity index (χ4n) is 0.970. The van der Waals surface area contributed by atoms with E-state index in [1.165, 1.54) is 0 Å². The Kier molecular flexibility index (Phi) is 1.88. The first-order valence-corrected chi connectivity index (χ1v) is 2.99. The van der Waals surface area contributed by atoms with Crippen molar-refractivity contribution in [1.82, 2.24) is 0 Å². The summed E-state index contributed by atoms with van der Waals surface area (Å²) in [6.45, 7) is 0.384. The van der Waals surface area contributed by atoms with Crippen molar-refractivity contribution in [2.45, 2.75) is 12.5 Å². The number of nitrogens with zero attached hydrogens (tertiary/aromatic N) is 1. The Balaban J connectivity index is 2.61. The fourth-order valence-corrected chi connectivity index (χ4v) is 0.970. The predicted molar refractivity (Wildman–Crippen MR) is 31.1 cm³/mol. The van der Waals surface area contributed by atoms with Gasteiger partial charge in [-0.15, -0.1) is 0 Å². The number of rotatable bonds is 1. The number of hydrogen-bond acceptors (Lipinski definition) is 3. The highest BCUT2D eigenvalue weighted by atomic mass is 16.5. The van der Waals surface area contributed by atoms with Gasteiger partial charge in [-0.05, 0) is 6.42 Å². The predicted octanol–water partition coefficient (Wildman–Crippen LogP) is -0.000320. The van der Waals surface area contributed by atoms with Gasteiger partial charge in [-0.25, -0.2) is 0 Å². The first-order chi connectivity index (χ1) is 4.75. The van der Waals surface area contributed by atoms with Gasteiger partial charge in [0, 0.05) is 6.61 Å². The zero-order valence-corrected chi connectivity index (χ0v) is 5.28. The summed E-state index contributed by atoms with van der Waals surface area (Å²) in [5, 5.41) is 16.8. The normalized spacial score (nSPS) is 31.5. The Morgan fingerprint density at radius 3 is 2.90 bits per heavy atom. The quantitative estimate of drug-likeness (QED) is 0.558. The van der Waals surface area contributed by atoms with Gasteiger partial charge in [0.2, 0.25) is 0 Å². The van der Waals surface area contributed by atoms with Crippen LogP contribution in [0.1, 0.15) is 6.42 Å². The van der Waals surface area contributed by atoms with E-state index >= 15 is 0 Å². The Morgan fingerprint density at radius 1 is 1.80 bits per heavy atom. The first kappa shape index (κ1) is 7.03. The Morgan fingerprint density at radius 2 is 2.50 bits per heavy atom. The molecule has 0 unspecified atom stereocenters. The minimum atomic E-state index is -0.941. The molecule has 10 heavy (non-hydrogen) atoms. The molecule has 0 aromatic carbocycles. The number of carboxylic acid groups (broad SMARTS) is 1. The highest BCUT2D eigenvalue weighted by Gasteiger charge is 2.33. The summed E-state index contributed by atoms with van der Waals surface area (Å²) in [6, 6.07) is 1.79. The topological polar surface area (TPSA) is 70.3 Å². The molecule has 0 spiro atoms. The maximum atomic E-state index is 10.3. The zero-order valence-electron chi connectivity index (χ0n) is 5.28. The van der Waals surface area contributed by atoms with Gasteiger partial charge in [-0.3, -0.25) is 4.79 Å². The van der Waals surface area contributed by atoms with E-state index < -0.39 is 18.0 Å². The summed E-state index contributed by atoms with van der Waals surface area (Å²) < 4.78 is 4.83.